The van der Waals surface area contributed by atoms with Crippen molar-refractivity contribution in [1.82, 2.24) is 4.90 Å². The van der Waals surface area contributed by atoms with Crippen LogP contribution in [0, 0.1) is 17.7 Å². The van der Waals surface area contributed by atoms with E-state index in [1.165, 1.54) is 6.07 Å². The van der Waals surface area contributed by atoms with Crippen molar-refractivity contribution in [2.45, 2.75) is 19.9 Å². The molecule has 1 heterocycles. The smallest absolute Gasteiger partial charge is 0.123 e. The number of hydrogen-bond acceptors (Lipinski definition) is 2. The lowest BCUT2D eigenvalue weighted by Crippen LogP contribution is -2.32. The van der Waals surface area contributed by atoms with Crippen LogP contribution in [0.1, 0.15) is 25.5 Å². The van der Waals surface area contributed by atoms with E-state index in [0.717, 1.165) is 18.7 Å². The summed E-state index contributed by atoms with van der Waals surface area (Å²) in [5.41, 5.74) is 6.86. The van der Waals surface area contributed by atoms with E-state index < -0.39 is 0 Å². The summed E-state index contributed by atoms with van der Waals surface area (Å²) in [6.45, 7) is 7.19. The van der Waals surface area contributed by atoms with E-state index in [1.807, 2.05) is 6.07 Å². The largest absolute Gasteiger partial charge is 0.329 e. The van der Waals surface area contributed by atoms with Gasteiger partial charge in [-0.15, -0.1) is 0 Å². The van der Waals surface area contributed by atoms with Crippen molar-refractivity contribution in [3.63, 3.8) is 0 Å². The lowest BCUT2D eigenvalue weighted by Gasteiger charge is -2.27. The van der Waals surface area contributed by atoms with Crippen molar-refractivity contribution >= 4 is 0 Å². The first-order chi connectivity index (χ1) is 8.11. The molecule has 2 N–H and O–H groups in total. The molecule has 1 fully saturated rings. The maximum absolute atomic E-state index is 13.2. The van der Waals surface area contributed by atoms with Crippen molar-refractivity contribution in [3.8, 4) is 0 Å². The second-order valence-electron chi connectivity index (χ2n) is 5.21. The Labute approximate surface area is 103 Å². The number of likely N-dealkylation sites (tertiary alicyclic amines) is 1. The van der Waals surface area contributed by atoms with Gasteiger partial charge in [-0.05, 0) is 29.5 Å². The van der Waals surface area contributed by atoms with Crippen LogP contribution in [0.5, 0.6) is 0 Å². The van der Waals surface area contributed by atoms with Gasteiger partial charge in [-0.2, -0.15) is 0 Å². The summed E-state index contributed by atoms with van der Waals surface area (Å²) in [6, 6.07) is 6.96. The molecule has 1 aromatic carbocycles. The Kier molecular flexibility index (Phi) is 3.79. The summed E-state index contributed by atoms with van der Waals surface area (Å²) >= 11 is 0. The highest BCUT2D eigenvalue weighted by atomic mass is 19.1. The van der Waals surface area contributed by atoms with Crippen molar-refractivity contribution in [2.24, 2.45) is 17.6 Å². The minimum atomic E-state index is -0.179. The minimum absolute atomic E-state index is 0.151. The summed E-state index contributed by atoms with van der Waals surface area (Å²) in [6.07, 6.45) is 0. The Morgan fingerprint density at radius 1 is 1.35 bits per heavy atom. The third kappa shape index (κ3) is 2.67. The van der Waals surface area contributed by atoms with Gasteiger partial charge in [0, 0.05) is 25.7 Å². The fourth-order valence-electron chi connectivity index (χ4n) is 2.64. The molecular weight excluding hydrogens is 215 g/mol. The van der Waals surface area contributed by atoms with Crippen LogP contribution >= 0.6 is 0 Å². The first-order valence-corrected chi connectivity index (χ1v) is 6.31. The van der Waals surface area contributed by atoms with E-state index in [-0.39, 0.29) is 11.9 Å². The van der Waals surface area contributed by atoms with E-state index in [1.54, 1.807) is 12.1 Å². The lowest BCUT2D eigenvalue weighted by molar-refractivity contribution is 0.239. The van der Waals surface area contributed by atoms with Gasteiger partial charge in [0.1, 0.15) is 5.82 Å². The zero-order valence-corrected chi connectivity index (χ0v) is 10.6. The SMILES string of the molecule is CC1CN(C(CN)c2cccc(F)c2)CC1C. The summed E-state index contributed by atoms with van der Waals surface area (Å²) in [4.78, 5) is 2.38. The van der Waals surface area contributed by atoms with Crippen LogP contribution in [0.3, 0.4) is 0 Å². The molecule has 3 heteroatoms. The highest BCUT2D eigenvalue weighted by Gasteiger charge is 2.31. The normalized spacial score (nSPS) is 27.3. The molecule has 1 aliphatic rings. The molecule has 0 amide bonds. The molecule has 2 nitrogen and oxygen atoms in total. The molecule has 0 bridgehead atoms. The van der Waals surface area contributed by atoms with Crippen molar-refractivity contribution in [2.75, 3.05) is 19.6 Å². The third-order valence-corrected chi connectivity index (χ3v) is 3.91. The fraction of sp³-hybridized carbons (Fsp3) is 0.571. The molecule has 1 aromatic rings. The van der Waals surface area contributed by atoms with Crippen LogP contribution < -0.4 is 5.73 Å². The highest BCUT2D eigenvalue weighted by molar-refractivity contribution is 5.21. The average Bonchev–Trinajstić information content (AvgIpc) is 2.60. The van der Waals surface area contributed by atoms with Gasteiger partial charge in [-0.25, -0.2) is 4.39 Å². The molecule has 3 unspecified atom stereocenters. The molecular formula is C14H21FN2. The van der Waals surface area contributed by atoms with Gasteiger partial charge < -0.3 is 5.73 Å². The van der Waals surface area contributed by atoms with E-state index >= 15 is 0 Å². The van der Waals surface area contributed by atoms with Crippen LogP contribution in [0.4, 0.5) is 4.39 Å². The van der Waals surface area contributed by atoms with Gasteiger partial charge in [0.15, 0.2) is 0 Å². The minimum Gasteiger partial charge on any atom is -0.329 e. The topological polar surface area (TPSA) is 29.3 Å². The Morgan fingerprint density at radius 2 is 2.00 bits per heavy atom. The molecule has 0 aromatic heterocycles. The Bertz CT molecular complexity index is 370. The van der Waals surface area contributed by atoms with Crippen LogP contribution in [-0.4, -0.2) is 24.5 Å². The van der Waals surface area contributed by atoms with E-state index in [9.17, 15) is 4.39 Å². The number of nitrogens with zero attached hydrogens (tertiary/aromatic N) is 1. The molecule has 94 valence electrons. The van der Waals surface area contributed by atoms with Crippen LogP contribution in [-0.2, 0) is 0 Å². The zero-order chi connectivity index (χ0) is 12.4. The fourth-order valence-corrected chi connectivity index (χ4v) is 2.64. The maximum Gasteiger partial charge on any atom is 0.123 e. The molecule has 1 saturated heterocycles. The molecule has 0 saturated carbocycles. The predicted octanol–water partition coefficient (Wildman–Crippen LogP) is 2.41. The summed E-state index contributed by atoms with van der Waals surface area (Å²) in [5, 5.41) is 0. The van der Waals surface area contributed by atoms with Gasteiger partial charge in [-0.1, -0.05) is 26.0 Å². The molecule has 3 atom stereocenters. The molecule has 0 radical (unpaired) electrons. The van der Waals surface area contributed by atoms with E-state index in [2.05, 4.69) is 18.7 Å². The number of nitrogens with two attached hydrogens (primary N) is 1. The number of benzene rings is 1. The second kappa shape index (κ2) is 5.15. The first kappa shape index (κ1) is 12.5. The standard InChI is InChI=1S/C14H21FN2/c1-10-8-17(9-11(10)2)14(7-16)12-4-3-5-13(15)6-12/h3-6,10-11,14H,7-9,16H2,1-2H3. The second-order valence-corrected chi connectivity index (χ2v) is 5.21. The summed E-state index contributed by atoms with van der Waals surface area (Å²) in [5.74, 6) is 1.21. The third-order valence-electron chi connectivity index (χ3n) is 3.91. The zero-order valence-electron chi connectivity index (χ0n) is 10.6. The number of rotatable bonds is 3. The quantitative estimate of drug-likeness (QED) is 0.873. The summed E-state index contributed by atoms with van der Waals surface area (Å²) < 4.78 is 13.2. The van der Waals surface area contributed by atoms with Crippen LogP contribution in [0.15, 0.2) is 24.3 Å². The van der Waals surface area contributed by atoms with Crippen LogP contribution in [0.25, 0.3) is 0 Å². The molecule has 0 aliphatic carbocycles. The van der Waals surface area contributed by atoms with Gasteiger partial charge in [0.25, 0.3) is 0 Å². The molecule has 0 spiro atoms. The van der Waals surface area contributed by atoms with Gasteiger partial charge >= 0.3 is 0 Å². The van der Waals surface area contributed by atoms with Gasteiger partial charge in [0.05, 0.1) is 0 Å². The molecule has 2 rings (SSSR count). The van der Waals surface area contributed by atoms with Crippen LogP contribution in [0.2, 0.25) is 0 Å². The molecule has 17 heavy (non-hydrogen) atoms. The van der Waals surface area contributed by atoms with Gasteiger partial charge in [0.2, 0.25) is 0 Å². The summed E-state index contributed by atoms with van der Waals surface area (Å²) in [7, 11) is 0. The number of hydrogen-bond donors (Lipinski definition) is 1. The predicted molar refractivity (Wildman–Crippen MR) is 68.1 cm³/mol. The van der Waals surface area contributed by atoms with Crippen molar-refractivity contribution < 1.29 is 4.39 Å². The highest BCUT2D eigenvalue weighted by Crippen LogP contribution is 2.30. The van der Waals surface area contributed by atoms with Crippen molar-refractivity contribution in [3.05, 3.63) is 35.6 Å². The van der Waals surface area contributed by atoms with Crippen molar-refractivity contribution in [1.29, 1.82) is 0 Å². The Morgan fingerprint density at radius 3 is 2.53 bits per heavy atom. The first-order valence-electron chi connectivity index (χ1n) is 6.31. The number of halogens is 1. The maximum atomic E-state index is 13.2. The average molecular weight is 236 g/mol. The Balaban J connectivity index is 2.17. The van der Waals surface area contributed by atoms with Gasteiger partial charge in [-0.3, -0.25) is 4.90 Å². The molecule has 1 aliphatic heterocycles. The van der Waals surface area contributed by atoms with E-state index in [0.29, 0.717) is 18.4 Å². The van der Waals surface area contributed by atoms with E-state index in [4.69, 9.17) is 5.73 Å². The monoisotopic (exact) mass is 236 g/mol. The Hall–Kier alpha value is -0.930. The lowest BCUT2D eigenvalue weighted by atomic mass is 10.0.